The summed E-state index contributed by atoms with van der Waals surface area (Å²) in [5.41, 5.74) is 2.08. The number of hydrogen-bond acceptors (Lipinski definition) is 5. The third-order valence-electron chi connectivity index (χ3n) is 7.62. The normalized spacial score (nSPS) is 19.1. The van der Waals surface area contributed by atoms with Gasteiger partial charge < -0.3 is 4.74 Å². The second-order valence-electron chi connectivity index (χ2n) is 9.98. The molecule has 0 aromatic heterocycles. The summed E-state index contributed by atoms with van der Waals surface area (Å²) < 4.78 is 19.0. The van der Waals surface area contributed by atoms with Crippen LogP contribution in [0.1, 0.15) is 49.3 Å². The third-order valence-corrected chi connectivity index (χ3v) is 9.02. The molecule has 0 radical (unpaired) electrons. The summed E-state index contributed by atoms with van der Waals surface area (Å²) in [5, 5.41) is 9.97. The van der Waals surface area contributed by atoms with Gasteiger partial charge in [0.15, 0.2) is 0 Å². The largest absolute Gasteiger partial charge is 0.489 e. The molecule has 0 spiro atoms. The summed E-state index contributed by atoms with van der Waals surface area (Å²) in [7, 11) is -1.29. The van der Waals surface area contributed by atoms with Crippen molar-refractivity contribution in [3.63, 3.8) is 0 Å². The van der Waals surface area contributed by atoms with E-state index >= 15 is 0 Å². The molecule has 192 valence electrons. The van der Waals surface area contributed by atoms with Crippen molar-refractivity contribution in [2.24, 2.45) is 0 Å². The van der Waals surface area contributed by atoms with E-state index in [9.17, 15) is 9.47 Å². The molecule has 5 nitrogen and oxygen atoms in total. The molecule has 0 amide bonds. The Hall–Kier alpha value is -2.98. The Balaban J connectivity index is 1.17. The van der Waals surface area contributed by atoms with E-state index in [4.69, 9.17) is 4.74 Å². The molecule has 2 fully saturated rings. The first-order valence-corrected chi connectivity index (χ1v) is 14.5. The molecule has 2 unspecified atom stereocenters. The maximum Gasteiger partial charge on any atom is 0.123 e. The highest BCUT2D eigenvalue weighted by Crippen LogP contribution is 2.28. The van der Waals surface area contributed by atoms with Crippen LogP contribution in [0.5, 0.6) is 5.75 Å². The topological polar surface area (TPSA) is 56.6 Å². The molecule has 3 aromatic rings. The smallest absolute Gasteiger partial charge is 0.123 e. The van der Waals surface area contributed by atoms with Crippen molar-refractivity contribution < 1.29 is 8.95 Å². The van der Waals surface area contributed by atoms with Crippen molar-refractivity contribution in [3.05, 3.63) is 90.0 Å². The highest BCUT2D eigenvalue weighted by atomic mass is 32.2. The average molecular weight is 514 g/mol. The highest BCUT2D eigenvalue weighted by Gasteiger charge is 2.29. The van der Waals surface area contributed by atoms with E-state index in [1.54, 1.807) is 0 Å². The molecule has 6 heteroatoms. The lowest BCUT2D eigenvalue weighted by Crippen LogP contribution is -2.51. The van der Waals surface area contributed by atoms with Crippen LogP contribution in [-0.2, 0) is 17.4 Å². The third kappa shape index (κ3) is 6.48. The molecule has 5 rings (SSSR count). The van der Waals surface area contributed by atoms with Crippen LogP contribution in [0.15, 0.2) is 88.7 Å². The molecule has 0 bridgehead atoms. The van der Waals surface area contributed by atoms with Crippen LogP contribution < -0.4 is 4.74 Å². The number of benzene rings is 3. The zero-order chi connectivity index (χ0) is 25.5. The van der Waals surface area contributed by atoms with Crippen molar-refractivity contribution in [2.45, 2.75) is 60.6 Å². The number of nitrogens with zero attached hydrogens (tertiary/aromatic N) is 3. The first kappa shape index (κ1) is 25.7. The van der Waals surface area contributed by atoms with Gasteiger partial charge in [0, 0.05) is 42.0 Å². The van der Waals surface area contributed by atoms with Crippen LogP contribution in [0.3, 0.4) is 0 Å². The fourth-order valence-electron chi connectivity index (χ4n) is 5.48. The molecule has 1 aliphatic heterocycles. The van der Waals surface area contributed by atoms with E-state index in [2.05, 4.69) is 15.9 Å². The number of piperazine rings is 1. The van der Waals surface area contributed by atoms with Gasteiger partial charge in [-0.05, 0) is 60.4 Å². The van der Waals surface area contributed by atoms with Crippen LogP contribution in [0.2, 0.25) is 0 Å². The minimum atomic E-state index is -1.29. The van der Waals surface area contributed by atoms with E-state index in [1.165, 1.54) is 32.1 Å². The van der Waals surface area contributed by atoms with Crippen LogP contribution in [0, 0.1) is 11.3 Å². The van der Waals surface area contributed by atoms with E-state index in [0.717, 1.165) is 58.9 Å². The van der Waals surface area contributed by atoms with Crippen LogP contribution in [0.25, 0.3) is 0 Å². The van der Waals surface area contributed by atoms with Gasteiger partial charge in [-0.1, -0.05) is 61.7 Å². The Bertz CT molecular complexity index is 1190. The molecule has 0 N–H and O–H groups in total. The van der Waals surface area contributed by atoms with Gasteiger partial charge in [-0.15, -0.1) is 0 Å². The maximum absolute atomic E-state index is 13.2. The molecule has 37 heavy (non-hydrogen) atoms. The van der Waals surface area contributed by atoms with E-state index < -0.39 is 10.8 Å². The monoisotopic (exact) mass is 513 g/mol. The molecule has 1 aliphatic carbocycles. The van der Waals surface area contributed by atoms with Crippen LogP contribution in [0.4, 0.5) is 0 Å². The van der Waals surface area contributed by atoms with Crippen molar-refractivity contribution in [1.82, 2.24) is 9.80 Å². The molecule has 1 saturated carbocycles. The predicted octanol–water partition coefficient (Wildman–Crippen LogP) is 5.95. The van der Waals surface area contributed by atoms with Gasteiger partial charge in [-0.25, -0.2) is 4.21 Å². The SMILES string of the molecule is N#CC(c1ccc(S(=O)c2ccc(OCc3ccccc3)cc2)cc1)N1CCN(C2CCCCC2)CC1. The number of nitriles is 1. The van der Waals surface area contributed by atoms with Gasteiger partial charge in [0.25, 0.3) is 0 Å². The van der Waals surface area contributed by atoms with Gasteiger partial charge in [0.2, 0.25) is 0 Å². The standard InChI is InChI=1S/C31H35N3O2S/c32-23-31(34-21-19-33(20-22-34)27-9-5-2-6-10-27)26-11-15-29(16-12-26)37(35)30-17-13-28(14-18-30)36-24-25-7-3-1-4-8-25/h1,3-4,7-8,11-18,27,31H,2,5-6,9-10,19-22,24H2. The zero-order valence-electron chi connectivity index (χ0n) is 21.3. The van der Waals surface area contributed by atoms with Gasteiger partial charge in [-0.3, -0.25) is 9.80 Å². The second kappa shape index (κ2) is 12.5. The van der Waals surface area contributed by atoms with E-state index in [-0.39, 0.29) is 6.04 Å². The van der Waals surface area contributed by atoms with Gasteiger partial charge >= 0.3 is 0 Å². The lowest BCUT2D eigenvalue weighted by Gasteiger charge is -2.42. The number of ether oxygens (including phenoxy) is 1. The summed E-state index contributed by atoms with van der Waals surface area (Å²) in [5.74, 6) is 0.750. The van der Waals surface area contributed by atoms with E-state index in [1.807, 2.05) is 78.9 Å². The molecule has 2 atom stereocenters. The minimum Gasteiger partial charge on any atom is -0.489 e. The first-order chi connectivity index (χ1) is 18.2. The molecule has 1 saturated heterocycles. The highest BCUT2D eigenvalue weighted by molar-refractivity contribution is 7.85. The van der Waals surface area contributed by atoms with Crippen molar-refractivity contribution in [2.75, 3.05) is 26.2 Å². The van der Waals surface area contributed by atoms with Crippen molar-refractivity contribution in [1.29, 1.82) is 5.26 Å². The molecular formula is C31H35N3O2S. The summed E-state index contributed by atoms with van der Waals surface area (Å²) in [4.78, 5) is 6.39. The molecule has 1 heterocycles. The molecular weight excluding hydrogens is 478 g/mol. The average Bonchev–Trinajstić information content (AvgIpc) is 2.98. The van der Waals surface area contributed by atoms with Gasteiger partial charge in [0.05, 0.1) is 16.9 Å². The lowest BCUT2D eigenvalue weighted by molar-refractivity contribution is 0.0676. The van der Waals surface area contributed by atoms with Crippen molar-refractivity contribution >= 4 is 10.8 Å². The number of rotatable bonds is 8. The Morgan fingerprint density at radius 2 is 1.46 bits per heavy atom. The number of hydrogen-bond donors (Lipinski definition) is 0. The summed E-state index contributed by atoms with van der Waals surface area (Å²) in [6, 6.07) is 28.2. The Morgan fingerprint density at radius 1 is 0.838 bits per heavy atom. The molecule has 3 aromatic carbocycles. The molecule has 2 aliphatic rings. The lowest BCUT2D eigenvalue weighted by atomic mass is 9.93. The van der Waals surface area contributed by atoms with Gasteiger partial charge in [0.1, 0.15) is 18.4 Å². The fourth-order valence-corrected chi connectivity index (χ4v) is 6.52. The second-order valence-corrected chi connectivity index (χ2v) is 11.5. The quantitative estimate of drug-likeness (QED) is 0.373. The Morgan fingerprint density at radius 3 is 2.08 bits per heavy atom. The fraction of sp³-hybridized carbons (Fsp3) is 0.387. The summed E-state index contributed by atoms with van der Waals surface area (Å²) in [6.07, 6.45) is 6.73. The van der Waals surface area contributed by atoms with Crippen molar-refractivity contribution in [3.8, 4) is 11.8 Å². The Labute approximate surface area is 223 Å². The Kier molecular flexibility index (Phi) is 8.68. The van der Waals surface area contributed by atoms with Gasteiger partial charge in [-0.2, -0.15) is 5.26 Å². The summed E-state index contributed by atoms with van der Waals surface area (Å²) >= 11 is 0. The van der Waals surface area contributed by atoms with Crippen LogP contribution in [-0.4, -0.2) is 46.2 Å². The predicted molar refractivity (Wildman–Crippen MR) is 147 cm³/mol. The maximum atomic E-state index is 13.2. The first-order valence-electron chi connectivity index (χ1n) is 13.4. The minimum absolute atomic E-state index is 0.267. The van der Waals surface area contributed by atoms with Crippen LogP contribution >= 0.6 is 0 Å². The zero-order valence-corrected chi connectivity index (χ0v) is 22.1. The summed E-state index contributed by atoms with van der Waals surface area (Å²) in [6.45, 7) is 4.41. The van der Waals surface area contributed by atoms with E-state index in [0.29, 0.717) is 6.61 Å².